The molecule has 0 aromatic heterocycles. The summed E-state index contributed by atoms with van der Waals surface area (Å²) in [6.07, 6.45) is 0. The van der Waals surface area contributed by atoms with E-state index in [0.717, 1.165) is 11.6 Å². The van der Waals surface area contributed by atoms with E-state index >= 15 is 0 Å². The molecule has 0 fully saturated rings. The molecule has 3 aromatic rings. The number of benzene rings is 3. The molecule has 0 bridgehead atoms. The average molecular weight is 535 g/mol. The highest BCUT2D eigenvalue weighted by atomic mass is 32.2. The summed E-state index contributed by atoms with van der Waals surface area (Å²) >= 11 is 0. The first-order valence-corrected chi connectivity index (χ1v) is 13.7. The normalized spacial score (nSPS) is 11.6. The van der Waals surface area contributed by atoms with Crippen LogP contribution in [0.5, 0.6) is 11.5 Å². The largest absolute Gasteiger partial charge is 0.497 e. The van der Waals surface area contributed by atoms with E-state index < -0.39 is 38.2 Å². The third-order valence-corrected chi connectivity index (χ3v) is 8.53. The molecule has 0 spiro atoms. The predicted octanol–water partition coefficient (Wildman–Crippen LogP) is 2.71. The molecule has 3 rings (SSSR count). The van der Waals surface area contributed by atoms with E-state index in [1.54, 1.807) is 24.3 Å². The standard InChI is InChI=1S/C24H26N2O8S2/c1-17-4-11-21(12-5-17)35(28,29)15-14-34-24(27)18-6-13-22(33-3)23(16-18)36(30,31)26(25)19-7-9-20(32-2)10-8-19/h4-13,16H,14-15,25H2,1-3H3. The van der Waals surface area contributed by atoms with Crippen LogP contribution in [-0.2, 0) is 24.6 Å². The minimum Gasteiger partial charge on any atom is -0.497 e. The number of carbonyl (C=O) groups excluding carboxylic acids is 1. The van der Waals surface area contributed by atoms with E-state index in [2.05, 4.69) is 0 Å². The SMILES string of the molecule is COc1ccc(N(N)S(=O)(=O)c2cc(C(=O)OCCS(=O)(=O)c3ccc(C)cc3)ccc2OC)cc1. The van der Waals surface area contributed by atoms with Gasteiger partial charge in [-0.3, -0.25) is 0 Å². The summed E-state index contributed by atoms with van der Waals surface area (Å²) < 4.78 is 67.3. The van der Waals surface area contributed by atoms with Crippen LogP contribution in [0.1, 0.15) is 15.9 Å². The van der Waals surface area contributed by atoms with E-state index in [4.69, 9.17) is 20.1 Å². The number of sulfonamides is 1. The fourth-order valence-corrected chi connectivity index (χ4v) is 5.55. The molecule has 0 aliphatic heterocycles. The predicted molar refractivity (Wildman–Crippen MR) is 133 cm³/mol. The van der Waals surface area contributed by atoms with Gasteiger partial charge in [-0.15, -0.1) is 0 Å². The van der Waals surface area contributed by atoms with Crippen molar-refractivity contribution >= 4 is 31.5 Å². The minimum atomic E-state index is -4.35. The Morgan fingerprint density at radius 3 is 2.11 bits per heavy atom. The molecule has 0 saturated heterocycles. The maximum absolute atomic E-state index is 13.2. The maximum atomic E-state index is 13.2. The van der Waals surface area contributed by atoms with Gasteiger partial charge in [0, 0.05) is 0 Å². The Bertz CT molecular complexity index is 1440. The number of aryl methyl sites for hydroxylation is 1. The van der Waals surface area contributed by atoms with Gasteiger partial charge in [0.25, 0.3) is 10.0 Å². The van der Waals surface area contributed by atoms with Crippen molar-refractivity contribution in [2.45, 2.75) is 16.7 Å². The van der Waals surface area contributed by atoms with E-state index in [-0.39, 0.29) is 26.8 Å². The highest BCUT2D eigenvalue weighted by Gasteiger charge is 2.28. The van der Waals surface area contributed by atoms with Gasteiger partial charge in [0.15, 0.2) is 9.84 Å². The summed E-state index contributed by atoms with van der Waals surface area (Å²) in [6, 6.07) is 16.0. The number of anilines is 1. The lowest BCUT2D eigenvalue weighted by Crippen LogP contribution is -2.37. The smallest absolute Gasteiger partial charge is 0.338 e. The van der Waals surface area contributed by atoms with Crippen molar-refractivity contribution in [1.82, 2.24) is 0 Å². The number of hydrazine groups is 1. The molecular weight excluding hydrogens is 508 g/mol. The zero-order valence-electron chi connectivity index (χ0n) is 19.9. The van der Waals surface area contributed by atoms with Crippen LogP contribution in [0.15, 0.2) is 76.5 Å². The number of rotatable bonds is 10. The second-order valence-corrected chi connectivity index (χ2v) is 11.5. The lowest BCUT2D eigenvalue weighted by Gasteiger charge is -2.20. The number of hydrogen-bond acceptors (Lipinski definition) is 9. The lowest BCUT2D eigenvalue weighted by molar-refractivity contribution is 0.0529. The fraction of sp³-hybridized carbons (Fsp3) is 0.208. The van der Waals surface area contributed by atoms with Gasteiger partial charge in [0.2, 0.25) is 0 Å². The van der Waals surface area contributed by atoms with Gasteiger partial charge in [-0.2, -0.15) is 8.42 Å². The Kier molecular flexibility index (Phi) is 8.23. The molecule has 0 aliphatic carbocycles. The second kappa shape index (κ2) is 11.0. The summed E-state index contributed by atoms with van der Waals surface area (Å²) in [5, 5.41) is 0. The van der Waals surface area contributed by atoms with E-state index in [1.807, 2.05) is 6.92 Å². The first-order valence-electron chi connectivity index (χ1n) is 10.6. The molecule has 10 nitrogen and oxygen atoms in total. The maximum Gasteiger partial charge on any atom is 0.338 e. The van der Waals surface area contributed by atoms with E-state index in [1.165, 1.54) is 50.6 Å². The number of ether oxygens (including phenoxy) is 3. The molecule has 12 heteroatoms. The van der Waals surface area contributed by atoms with E-state index in [0.29, 0.717) is 10.2 Å². The van der Waals surface area contributed by atoms with Gasteiger partial charge in [0.05, 0.1) is 36.1 Å². The molecule has 0 atom stereocenters. The van der Waals surface area contributed by atoms with Crippen molar-refractivity contribution in [3.63, 3.8) is 0 Å². The molecule has 2 N–H and O–H groups in total. The molecule has 3 aromatic carbocycles. The van der Waals surface area contributed by atoms with Gasteiger partial charge < -0.3 is 14.2 Å². The van der Waals surface area contributed by atoms with Crippen LogP contribution in [0.4, 0.5) is 5.69 Å². The topological polar surface area (TPSA) is 142 Å². The van der Waals surface area contributed by atoms with Crippen LogP contribution in [0.3, 0.4) is 0 Å². The summed E-state index contributed by atoms with van der Waals surface area (Å²) in [4.78, 5) is 12.3. The van der Waals surface area contributed by atoms with Crippen LogP contribution in [0, 0.1) is 6.92 Å². The van der Waals surface area contributed by atoms with Crippen LogP contribution >= 0.6 is 0 Å². The van der Waals surface area contributed by atoms with Crippen molar-refractivity contribution in [3.05, 3.63) is 77.9 Å². The van der Waals surface area contributed by atoms with Crippen LogP contribution in [0.25, 0.3) is 0 Å². The van der Waals surface area contributed by atoms with Crippen molar-refractivity contribution in [1.29, 1.82) is 0 Å². The molecule has 0 radical (unpaired) electrons. The zero-order chi connectivity index (χ0) is 26.5. The Hall–Kier alpha value is -3.61. The molecule has 0 heterocycles. The Labute approximate surface area is 210 Å². The first-order chi connectivity index (χ1) is 17.0. The van der Waals surface area contributed by atoms with Crippen LogP contribution in [-0.4, -0.2) is 49.4 Å². The number of carbonyl (C=O) groups is 1. The molecule has 192 valence electrons. The Balaban J connectivity index is 1.79. The minimum absolute atomic E-state index is 0.0440. The van der Waals surface area contributed by atoms with Crippen LogP contribution in [0.2, 0.25) is 0 Å². The van der Waals surface area contributed by atoms with Gasteiger partial charge >= 0.3 is 5.97 Å². The van der Waals surface area contributed by atoms with Gasteiger partial charge in [-0.05, 0) is 61.5 Å². The van der Waals surface area contributed by atoms with Gasteiger partial charge in [0.1, 0.15) is 23.0 Å². The Morgan fingerprint density at radius 2 is 1.53 bits per heavy atom. The highest BCUT2D eigenvalue weighted by Crippen LogP contribution is 2.30. The molecular formula is C24H26N2O8S2. The number of methoxy groups -OCH3 is 2. The molecule has 36 heavy (non-hydrogen) atoms. The fourth-order valence-electron chi connectivity index (χ4n) is 3.17. The molecule has 0 unspecified atom stereocenters. The number of nitrogens with two attached hydrogens (primary N) is 1. The summed E-state index contributed by atoms with van der Waals surface area (Å²) in [5.74, 6) is 5.04. The zero-order valence-corrected chi connectivity index (χ0v) is 21.5. The third-order valence-electron chi connectivity index (χ3n) is 5.23. The second-order valence-electron chi connectivity index (χ2n) is 7.63. The van der Waals surface area contributed by atoms with Crippen LogP contribution < -0.4 is 19.7 Å². The van der Waals surface area contributed by atoms with Crippen molar-refractivity contribution < 1.29 is 35.8 Å². The van der Waals surface area contributed by atoms with E-state index in [9.17, 15) is 21.6 Å². The summed E-state index contributed by atoms with van der Waals surface area (Å²) in [5.41, 5.74) is 0.936. The van der Waals surface area contributed by atoms with Gasteiger partial charge in [-0.25, -0.2) is 23.5 Å². The number of sulfone groups is 1. The number of esters is 1. The highest BCUT2D eigenvalue weighted by molar-refractivity contribution is 7.92. The molecule has 0 saturated carbocycles. The molecule has 0 amide bonds. The summed E-state index contributed by atoms with van der Waals surface area (Å²) in [6.45, 7) is 1.42. The summed E-state index contributed by atoms with van der Waals surface area (Å²) in [7, 11) is -5.28. The van der Waals surface area contributed by atoms with Crippen molar-refractivity contribution in [2.75, 3.05) is 31.0 Å². The first kappa shape index (κ1) is 27.0. The average Bonchev–Trinajstić information content (AvgIpc) is 2.88. The molecule has 0 aliphatic rings. The monoisotopic (exact) mass is 534 g/mol. The third kappa shape index (κ3) is 5.96. The number of hydrogen-bond donors (Lipinski definition) is 1. The van der Waals surface area contributed by atoms with Gasteiger partial charge in [-0.1, -0.05) is 17.7 Å². The lowest BCUT2D eigenvalue weighted by atomic mass is 10.2. The number of nitrogens with zero attached hydrogens (tertiary/aromatic N) is 1. The van der Waals surface area contributed by atoms with Crippen molar-refractivity contribution in [3.8, 4) is 11.5 Å². The van der Waals surface area contributed by atoms with Crippen molar-refractivity contribution in [2.24, 2.45) is 5.84 Å². The quantitative estimate of drug-likeness (QED) is 0.236. The Morgan fingerprint density at radius 1 is 0.889 bits per heavy atom.